The lowest BCUT2D eigenvalue weighted by atomic mass is 10.1. The monoisotopic (exact) mass is 465 g/mol. The minimum Gasteiger partial charge on any atom is -0.326 e. The van der Waals surface area contributed by atoms with Crippen molar-refractivity contribution in [3.05, 3.63) is 90.0 Å². The van der Waals surface area contributed by atoms with Crippen molar-refractivity contribution in [1.29, 1.82) is 0 Å². The van der Waals surface area contributed by atoms with Gasteiger partial charge in [-0.3, -0.25) is 9.59 Å². The van der Waals surface area contributed by atoms with Gasteiger partial charge in [0.15, 0.2) is 0 Å². The molecule has 0 saturated carbocycles. The van der Waals surface area contributed by atoms with Gasteiger partial charge in [-0.2, -0.15) is 0 Å². The van der Waals surface area contributed by atoms with Crippen LogP contribution in [0.2, 0.25) is 0 Å². The van der Waals surface area contributed by atoms with E-state index < -0.39 is 10.0 Å². The van der Waals surface area contributed by atoms with Crippen molar-refractivity contribution in [2.45, 2.75) is 25.2 Å². The molecule has 0 fully saturated rings. The van der Waals surface area contributed by atoms with Crippen molar-refractivity contribution in [3.63, 3.8) is 0 Å². The average molecular weight is 466 g/mol. The zero-order valence-corrected chi connectivity index (χ0v) is 19.4. The summed E-state index contributed by atoms with van der Waals surface area (Å²) in [5.74, 6) is -0.681. The van der Waals surface area contributed by atoms with Gasteiger partial charge in [-0.05, 0) is 54.4 Å². The lowest BCUT2D eigenvalue weighted by Crippen LogP contribution is -2.26. The largest absolute Gasteiger partial charge is 0.326 e. The Morgan fingerprint density at radius 3 is 2.18 bits per heavy atom. The third kappa shape index (κ3) is 7.00. The topological polar surface area (TPSA) is 104 Å². The normalized spacial score (nSPS) is 11.2. The zero-order chi connectivity index (χ0) is 23.8. The molecular formula is C25H27N3O4S. The van der Waals surface area contributed by atoms with Gasteiger partial charge in [-0.1, -0.05) is 50.2 Å². The van der Waals surface area contributed by atoms with E-state index in [-0.39, 0.29) is 29.2 Å². The number of rotatable bonds is 9. The molecule has 0 spiro atoms. The number of anilines is 2. The van der Waals surface area contributed by atoms with Crippen molar-refractivity contribution >= 4 is 33.2 Å². The standard InChI is InChI=1S/C25H27N3O4S/c1-18(2)24(29)28-22-10-6-9-20(17-22)25(30)27-21-11-13-23(14-12-21)33(31,32)26-16-15-19-7-4-3-5-8-19/h3-14,17-18,26H,15-16H2,1-2H3,(H,27,30)(H,28,29). The quantitative estimate of drug-likeness (QED) is 0.443. The van der Waals surface area contributed by atoms with Crippen molar-refractivity contribution in [2.24, 2.45) is 5.92 Å². The number of benzene rings is 3. The first kappa shape index (κ1) is 24.2. The summed E-state index contributed by atoms with van der Waals surface area (Å²) in [5.41, 5.74) is 2.41. The molecule has 3 aromatic carbocycles. The van der Waals surface area contributed by atoms with Gasteiger partial charge in [-0.15, -0.1) is 0 Å². The van der Waals surface area contributed by atoms with Gasteiger partial charge in [-0.25, -0.2) is 13.1 Å². The van der Waals surface area contributed by atoms with Crippen LogP contribution in [-0.4, -0.2) is 26.8 Å². The number of sulfonamides is 1. The Hall–Kier alpha value is -3.49. The predicted molar refractivity (Wildman–Crippen MR) is 130 cm³/mol. The molecule has 0 saturated heterocycles. The first-order valence-corrected chi connectivity index (χ1v) is 12.1. The van der Waals surface area contributed by atoms with E-state index in [1.807, 2.05) is 30.3 Å². The van der Waals surface area contributed by atoms with E-state index in [4.69, 9.17) is 0 Å². The minimum absolute atomic E-state index is 0.118. The Balaban J connectivity index is 1.59. The highest BCUT2D eigenvalue weighted by Gasteiger charge is 2.14. The highest BCUT2D eigenvalue weighted by atomic mass is 32.2. The van der Waals surface area contributed by atoms with E-state index in [9.17, 15) is 18.0 Å². The zero-order valence-electron chi connectivity index (χ0n) is 18.5. The molecule has 33 heavy (non-hydrogen) atoms. The summed E-state index contributed by atoms with van der Waals surface area (Å²) in [5, 5.41) is 5.50. The molecule has 0 bridgehead atoms. The van der Waals surface area contributed by atoms with Crippen LogP contribution < -0.4 is 15.4 Å². The Morgan fingerprint density at radius 2 is 1.52 bits per heavy atom. The van der Waals surface area contributed by atoms with Crippen LogP contribution in [0.3, 0.4) is 0 Å². The molecule has 0 heterocycles. The molecular weight excluding hydrogens is 438 g/mol. The van der Waals surface area contributed by atoms with Crippen LogP contribution in [-0.2, 0) is 21.2 Å². The van der Waals surface area contributed by atoms with Gasteiger partial charge in [0, 0.05) is 29.4 Å². The van der Waals surface area contributed by atoms with E-state index >= 15 is 0 Å². The van der Waals surface area contributed by atoms with Crippen LogP contribution in [0.5, 0.6) is 0 Å². The fourth-order valence-corrected chi connectivity index (χ4v) is 4.04. The first-order valence-electron chi connectivity index (χ1n) is 10.6. The van der Waals surface area contributed by atoms with E-state index in [1.165, 1.54) is 24.3 Å². The molecule has 3 rings (SSSR count). The highest BCUT2D eigenvalue weighted by molar-refractivity contribution is 7.89. The molecule has 0 aliphatic rings. The van der Waals surface area contributed by atoms with Crippen LogP contribution in [0.1, 0.15) is 29.8 Å². The Kier molecular flexibility index (Phi) is 7.97. The molecule has 2 amide bonds. The Morgan fingerprint density at radius 1 is 0.818 bits per heavy atom. The molecule has 3 N–H and O–H groups in total. The smallest absolute Gasteiger partial charge is 0.255 e. The van der Waals surface area contributed by atoms with Crippen molar-refractivity contribution in [2.75, 3.05) is 17.2 Å². The first-order chi connectivity index (χ1) is 15.7. The lowest BCUT2D eigenvalue weighted by molar-refractivity contribution is -0.118. The van der Waals surface area contributed by atoms with E-state index in [2.05, 4.69) is 15.4 Å². The second-order valence-corrected chi connectivity index (χ2v) is 9.60. The molecule has 0 unspecified atom stereocenters. The molecule has 172 valence electrons. The third-order valence-corrected chi connectivity index (χ3v) is 6.36. The Labute approximate surface area is 194 Å². The van der Waals surface area contributed by atoms with Crippen LogP contribution in [0, 0.1) is 5.92 Å². The van der Waals surface area contributed by atoms with E-state index in [0.29, 0.717) is 23.4 Å². The fraction of sp³-hybridized carbons (Fsp3) is 0.200. The van der Waals surface area contributed by atoms with Gasteiger partial charge in [0.1, 0.15) is 0 Å². The maximum atomic E-state index is 12.6. The maximum Gasteiger partial charge on any atom is 0.255 e. The van der Waals surface area contributed by atoms with Gasteiger partial charge in [0.25, 0.3) is 5.91 Å². The Bertz CT molecular complexity index is 1210. The average Bonchev–Trinajstić information content (AvgIpc) is 2.80. The molecule has 0 aliphatic heterocycles. The summed E-state index contributed by atoms with van der Waals surface area (Å²) in [4.78, 5) is 24.6. The molecule has 7 nitrogen and oxygen atoms in total. The van der Waals surface area contributed by atoms with E-state index in [1.54, 1.807) is 38.1 Å². The van der Waals surface area contributed by atoms with Crippen molar-refractivity contribution < 1.29 is 18.0 Å². The molecule has 0 aliphatic carbocycles. The van der Waals surface area contributed by atoms with Crippen LogP contribution >= 0.6 is 0 Å². The van der Waals surface area contributed by atoms with Crippen LogP contribution in [0.15, 0.2) is 83.8 Å². The number of carbonyl (C=O) groups is 2. The highest BCUT2D eigenvalue weighted by Crippen LogP contribution is 2.17. The maximum absolute atomic E-state index is 12.6. The molecule has 3 aromatic rings. The van der Waals surface area contributed by atoms with Gasteiger partial charge >= 0.3 is 0 Å². The number of carbonyl (C=O) groups excluding carboxylic acids is 2. The van der Waals surface area contributed by atoms with Gasteiger partial charge in [0.05, 0.1) is 4.90 Å². The summed E-state index contributed by atoms with van der Waals surface area (Å²) >= 11 is 0. The summed E-state index contributed by atoms with van der Waals surface area (Å²) < 4.78 is 27.6. The summed E-state index contributed by atoms with van der Waals surface area (Å²) in [6, 6.07) is 22.2. The second-order valence-electron chi connectivity index (χ2n) is 7.84. The SMILES string of the molecule is CC(C)C(=O)Nc1cccc(C(=O)Nc2ccc(S(=O)(=O)NCCc3ccccc3)cc2)c1. The van der Waals surface area contributed by atoms with E-state index in [0.717, 1.165) is 5.56 Å². The second kappa shape index (κ2) is 10.9. The van der Waals surface area contributed by atoms with Crippen LogP contribution in [0.4, 0.5) is 11.4 Å². The predicted octanol–water partition coefficient (Wildman–Crippen LogP) is 4.05. The van der Waals surface area contributed by atoms with Gasteiger partial charge in [0.2, 0.25) is 15.9 Å². The minimum atomic E-state index is -3.65. The molecule has 0 aromatic heterocycles. The number of amides is 2. The lowest BCUT2D eigenvalue weighted by Gasteiger charge is -2.11. The third-order valence-electron chi connectivity index (χ3n) is 4.89. The summed E-state index contributed by atoms with van der Waals surface area (Å²) in [6.45, 7) is 3.86. The number of hydrogen-bond donors (Lipinski definition) is 3. The number of nitrogens with one attached hydrogen (secondary N) is 3. The molecule has 0 atom stereocenters. The summed E-state index contributed by atoms with van der Waals surface area (Å²) in [7, 11) is -3.65. The molecule has 0 radical (unpaired) electrons. The summed E-state index contributed by atoms with van der Waals surface area (Å²) in [6.07, 6.45) is 0.588. The molecule has 8 heteroatoms. The van der Waals surface area contributed by atoms with Crippen molar-refractivity contribution in [3.8, 4) is 0 Å². The van der Waals surface area contributed by atoms with Gasteiger partial charge < -0.3 is 10.6 Å². The number of hydrogen-bond acceptors (Lipinski definition) is 4. The van der Waals surface area contributed by atoms with Crippen molar-refractivity contribution in [1.82, 2.24) is 4.72 Å². The van der Waals surface area contributed by atoms with Crippen LogP contribution in [0.25, 0.3) is 0 Å². The fourth-order valence-electron chi connectivity index (χ4n) is 3.00.